The van der Waals surface area contributed by atoms with Gasteiger partial charge in [-0.1, -0.05) is 6.42 Å². The minimum absolute atomic E-state index is 0.168. The summed E-state index contributed by atoms with van der Waals surface area (Å²) in [5.74, 6) is -1.07. The number of carbonyl (C=O) groups is 3. The molecule has 0 heterocycles. The quantitative estimate of drug-likeness (QED) is 0.465. The SMILES string of the molecule is COC(=O)CCCN(C)C(=O)NCCCCCC(=O)O. The molecule has 0 aliphatic rings. The van der Waals surface area contributed by atoms with Crippen molar-refractivity contribution in [2.24, 2.45) is 0 Å². The highest BCUT2D eigenvalue weighted by Crippen LogP contribution is 1.99. The highest BCUT2D eigenvalue weighted by Gasteiger charge is 2.08. The highest BCUT2D eigenvalue weighted by molar-refractivity contribution is 5.74. The molecule has 7 nitrogen and oxygen atoms in total. The third-order valence-corrected chi connectivity index (χ3v) is 2.79. The van der Waals surface area contributed by atoms with Gasteiger partial charge < -0.3 is 20.1 Å². The van der Waals surface area contributed by atoms with Crippen molar-refractivity contribution in [1.29, 1.82) is 0 Å². The van der Waals surface area contributed by atoms with E-state index in [4.69, 9.17) is 5.11 Å². The average molecular weight is 288 g/mol. The smallest absolute Gasteiger partial charge is 0.317 e. The van der Waals surface area contributed by atoms with Crippen LogP contribution in [0.15, 0.2) is 0 Å². The maximum Gasteiger partial charge on any atom is 0.317 e. The van der Waals surface area contributed by atoms with E-state index >= 15 is 0 Å². The summed E-state index contributed by atoms with van der Waals surface area (Å²) in [4.78, 5) is 34.3. The standard InChI is InChI=1S/C13H24N2O5/c1-15(10-6-8-12(18)20-2)13(19)14-9-5-3-4-7-11(16)17/h3-10H2,1-2H3,(H,14,19)(H,16,17). The molecule has 0 rings (SSSR count). The highest BCUT2D eigenvalue weighted by atomic mass is 16.5. The van der Waals surface area contributed by atoms with Crippen LogP contribution in [0.25, 0.3) is 0 Å². The number of esters is 1. The Labute approximate surface area is 119 Å². The zero-order chi connectivity index (χ0) is 15.4. The molecule has 2 N–H and O–H groups in total. The van der Waals surface area contributed by atoms with Crippen molar-refractivity contribution in [1.82, 2.24) is 10.2 Å². The molecular weight excluding hydrogens is 264 g/mol. The summed E-state index contributed by atoms with van der Waals surface area (Å²) in [6.07, 6.45) is 3.19. The van der Waals surface area contributed by atoms with Crippen LogP contribution in [0.4, 0.5) is 4.79 Å². The molecule has 0 fully saturated rings. The number of unbranched alkanes of at least 4 members (excludes halogenated alkanes) is 2. The summed E-state index contributed by atoms with van der Waals surface area (Å²) >= 11 is 0. The Morgan fingerprint density at radius 3 is 2.40 bits per heavy atom. The van der Waals surface area contributed by atoms with Crippen molar-refractivity contribution < 1.29 is 24.2 Å². The van der Waals surface area contributed by atoms with Crippen LogP contribution in [0.2, 0.25) is 0 Å². The van der Waals surface area contributed by atoms with Crippen LogP contribution in [-0.4, -0.2) is 55.2 Å². The molecule has 20 heavy (non-hydrogen) atoms. The molecule has 0 aromatic rings. The number of hydrogen-bond acceptors (Lipinski definition) is 4. The Hall–Kier alpha value is -1.79. The Kier molecular flexibility index (Phi) is 10.1. The Morgan fingerprint density at radius 2 is 1.80 bits per heavy atom. The molecule has 2 amide bonds. The fourth-order valence-corrected chi connectivity index (χ4v) is 1.57. The van der Waals surface area contributed by atoms with Crippen LogP contribution in [0.3, 0.4) is 0 Å². The number of methoxy groups -OCH3 is 1. The second kappa shape index (κ2) is 11.1. The minimum Gasteiger partial charge on any atom is -0.481 e. The summed E-state index contributed by atoms with van der Waals surface area (Å²) in [7, 11) is 3.00. The first kappa shape index (κ1) is 18.2. The molecule has 0 aromatic carbocycles. The molecular formula is C13H24N2O5. The minimum atomic E-state index is -0.792. The van der Waals surface area contributed by atoms with Gasteiger partial charge >= 0.3 is 18.0 Å². The van der Waals surface area contributed by atoms with Crippen LogP contribution in [0.1, 0.15) is 38.5 Å². The number of amides is 2. The van der Waals surface area contributed by atoms with Gasteiger partial charge in [0, 0.05) is 33.0 Å². The first-order chi connectivity index (χ1) is 9.47. The molecule has 0 radical (unpaired) electrons. The number of ether oxygens (including phenoxy) is 1. The molecule has 0 aromatic heterocycles. The number of carbonyl (C=O) groups excluding carboxylic acids is 2. The van der Waals surface area contributed by atoms with Crippen molar-refractivity contribution >= 4 is 18.0 Å². The summed E-state index contributed by atoms with van der Waals surface area (Å²) in [6, 6.07) is -0.187. The Balaban J connectivity index is 3.55. The van der Waals surface area contributed by atoms with Crippen molar-refractivity contribution in [3.8, 4) is 0 Å². The van der Waals surface area contributed by atoms with Crippen LogP contribution >= 0.6 is 0 Å². The van der Waals surface area contributed by atoms with E-state index in [1.165, 1.54) is 12.0 Å². The number of carboxylic acid groups (broad SMARTS) is 1. The predicted molar refractivity (Wildman–Crippen MR) is 73.4 cm³/mol. The van der Waals surface area contributed by atoms with E-state index < -0.39 is 5.97 Å². The molecule has 0 atom stereocenters. The van der Waals surface area contributed by atoms with Gasteiger partial charge in [0.1, 0.15) is 0 Å². The number of hydrogen-bond donors (Lipinski definition) is 2. The maximum absolute atomic E-state index is 11.6. The summed E-state index contributed by atoms with van der Waals surface area (Å²) in [6.45, 7) is 1.01. The van der Waals surface area contributed by atoms with Gasteiger partial charge in [0.25, 0.3) is 0 Å². The van der Waals surface area contributed by atoms with E-state index in [0.29, 0.717) is 32.4 Å². The Bertz CT molecular complexity index is 320. The second-order valence-corrected chi connectivity index (χ2v) is 4.54. The number of carboxylic acids is 1. The van der Waals surface area contributed by atoms with Crippen molar-refractivity contribution in [2.75, 3.05) is 27.2 Å². The van der Waals surface area contributed by atoms with Gasteiger partial charge in [-0.3, -0.25) is 9.59 Å². The van der Waals surface area contributed by atoms with Crippen molar-refractivity contribution in [3.05, 3.63) is 0 Å². The second-order valence-electron chi connectivity index (χ2n) is 4.54. The van der Waals surface area contributed by atoms with Gasteiger partial charge in [0.15, 0.2) is 0 Å². The van der Waals surface area contributed by atoms with E-state index in [1.54, 1.807) is 7.05 Å². The van der Waals surface area contributed by atoms with Crippen molar-refractivity contribution in [3.63, 3.8) is 0 Å². The molecule has 0 saturated carbocycles. The lowest BCUT2D eigenvalue weighted by atomic mass is 10.2. The van der Waals surface area contributed by atoms with Gasteiger partial charge in [-0.05, 0) is 19.3 Å². The van der Waals surface area contributed by atoms with E-state index in [-0.39, 0.29) is 18.4 Å². The molecule has 116 valence electrons. The van der Waals surface area contributed by atoms with Gasteiger partial charge in [0.05, 0.1) is 7.11 Å². The fourth-order valence-electron chi connectivity index (χ4n) is 1.57. The lowest BCUT2D eigenvalue weighted by molar-refractivity contribution is -0.141. The number of urea groups is 1. The van der Waals surface area contributed by atoms with E-state index in [0.717, 1.165) is 12.8 Å². The molecule has 0 unspecified atom stereocenters. The summed E-state index contributed by atoms with van der Waals surface area (Å²) in [5, 5.41) is 11.2. The lowest BCUT2D eigenvalue weighted by Crippen LogP contribution is -2.38. The van der Waals surface area contributed by atoms with Gasteiger partial charge in [-0.15, -0.1) is 0 Å². The fraction of sp³-hybridized carbons (Fsp3) is 0.769. The third-order valence-electron chi connectivity index (χ3n) is 2.79. The van der Waals surface area contributed by atoms with Gasteiger partial charge in [0.2, 0.25) is 0 Å². The van der Waals surface area contributed by atoms with Crippen LogP contribution in [0.5, 0.6) is 0 Å². The van der Waals surface area contributed by atoms with Crippen LogP contribution < -0.4 is 5.32 Å². The Morgan fingerprint density at radius 1 is 1.10 bits per heavy atom. The summed E-state index contributed by atoms with van der Waals surface area (Å²) in [5.41, 5.74) is 0. The molecule has 0 bridgehead atoms. The third kappa shape index (κ3) is 10.2. The van der Waals surface area contributed by atoms with E-state index in [1.807, 2.05) is 0 Å². The first-order valence-electron chi connectivity index (χ1n) is 6.75. The number of aliphatic carboxylic acids is 1. The molecule has 0 aliphatic heterocycles. The molecule has 0 spiro atoms. The largest absolute Gasteiger partial charge is 0.481 e. The van der Waals surface area contributed by atoms with Crippen molar-refractivity contribution in [2.45, 2.75) is 38.5 Å². The molecule has 7 heteroatoms. The number of nitrogens with one attached hydrogen (secondary N) is 1. The number of nitrogens with zero attached hydrogens (tertiary/aromatic N) is 1. The summed E-state index contributed by atoms with van der Waals surface area (Å²) < 4.78 is 4.51. The lowest BCUT2D eigenvalue weighted by Gasteiger charge is -2.17. The normalized spacial score (nSPS) is 9.90. The molecule has 0 aliphatic carbocycles. The topological polar surface area (TPSA) is 95.9 Å². The van der Waals surface area contributed by atoms with E-state index in [2.05, 4.69) is 10.1 Å². The number of rotatable bonds is 10. The maximum atomic E-state index is 11.6. The van der Waals surface area contributed by atoms with E-state index in [9.17, 15) is 14.4 Å². The van der Waals surface area contributed by atoms with Crippen LogP contribution in [-0.2, 0) is 14.3 Å². The predicted octanol–water partition coefficient (Wildman–Crippen LogP) is 1.23. The first-order valence-corrected chi connectivity index (χ1v) is 6.75. The van der Waals surface area contributed by atoms with Gasteiger partial charge in [-0.2, -0.15) is 0 Å². The van der Waals surface area contributed by atoms with Crippen LogP contribution in [0, 0.1) is 0 Å². The zero-order valence-electron chi connectivity index (χ0n) is 12.2. The zero-order valence-corrected chi connectivity index (χ0v) is 12.2. The molecule has 0 saturated heterocycles. The van der Waals surface area contributed by atoms with Gasteiger partial charge in [-0.25, -0.2) is 4.79 Å². The monoisotopic (exact) mass is 288 g/mol. The average Bonchev–Trinajstić information content (AvgIpc) is 2.41.